The highest BCUT2D eigenvalue weighted by Crippen LogP contribution is 2.47. The summed E-state index contributed by atoms with van der Waals surface area (Å²) < 4.78 is 45.7. The van der Waals surface area contributed by atoms with Gasteiger partial charge in [-0.25, -0.2) is 4.21 Å². The lowest BCUT2D eigenvalue weighted by molar-refractivity contribution is -0.128. The minimum Gasteiger partial charge on any atom is -0.490 e. The third-order valence-electron chi connectivity index (χ3n) is 12.1. The Kier molecular flexibility index (Phi) is 11.3. The highest BCUT2D eigenvalue weighted by atomic mass is 35.5. The quantitative estimate of drug-likeness (QED) is 0.337. The van der Waals surface area contributed by atoms with E-state index in [1.807, 2.05) is 25.1 Å². The second-order valence-electron chi connectivity index (χ2n) is 15.4. The van der Waals surface area contributed by atoms with Crippen LogP contribution in [0.5, 0.6) is 5.75 Å². The van der Waals surface area contributed by atoms with Crippen molar-refractivity contribution in [2.75, 3.05) is 51.5 Å². The Morgan fingerprint density at radius 1 is 1.13 bits per heavy atom. The van der Waals surface area contributed by atoms with E-state index in [-0.39, 0.29) is 30.1 Å². The molecule has 7 atom stereocenters. The molecule has 2 aromatic carbocycles. The number of fused-ring (bicyclic) bond motifs is 4. The number of methoxy groups -OCH3 is 1. The van der Waals surface area contributed by atoms with E-state index in [0.29, 0.717) is 68.8 Å². The van der Waals surface area contributed by atoms with Crippen LogP contribution in [0.2, 0.25) is 5.02 Å². The third-order valence-corrected chi connectivity index (χ3v) is 14.8. The van der Waals surface area contributed by atoms with Gasteiger partial charge in [0.25, 0.3) is 11.8 Å². The lowest BCUT2D eigenvalue weighted by atomic mass is 9.68. The van der Waals surface area contributed by atoms with Crippen molar-refractivity contribution < 1.29 is 32.7 Å². The summed E-state index contributed by atoms with van der Waals surface area (Å²) in [4.78, 5) is 29.7. The van der Waals surface area contributed by atoms with Crippen LogP contribution >= 0.6 is 11.6 Å². The van der Waals surface area contributed by atoms with Crippen molar-refractivity contribution in [2.45, 2.75) is 88.1 Å². The van der Waals surface area contributed by atoms with Gasteiger partial charge in [-0.3, -0.25) is 14.3 Å². The number of benzene rings is 2. The first-order chi connectivity index (χ1) is 25.1. The first-order valence-corrected chi connectivity index (χ1v) is 20.8. The first-order valence-electron chi connectivity index (χ1n) is 18.9. The van der Waals surface area contributed by atoms with Crippen LogP contribution in [0.3, 0.4) is 0 Å². The van der Waals surface area contributed by atoms with Gasteiger partial charge in [0, 0.05) is 49.4 Å². The number of anilines is 1. The molecule has 1 saturated carbocycles. The van der Waals surface area contributed by atoms with Crippen LogP contribution in [0, 0.1) is 17.8 Å². The van der Waals surface area contributed by atoms with E-state index in [1.54, 1.807) is 20.1 Å². The largest absolute Gasteiger partial charge is 0.490 e. The number of hydrogen-bond acceptors (Lipinski definition) is 8. The maximum atomic E-state index is 14.8. The van der Waals surface area contributed by atoms with Crippen LogP contribution in [0.25, 0.3) is 0 Å². The maximum absolute atomic E-state index is 14.8. The number of carbonyl (C=O) groups is 2. The molecule has 5 aliphatic rings. The number of halogens is 1. The van der Waals surface area contributed by atoms with E-state index in [9.17, 15) is 13.8 Å². The number of allylic oxidation sites excluding steroid dienone is 1. The lowest BCUT2D eigenvalue weighted by Gasteiger charge is -2.46. The predicted octanol–water partition coefficient (Wildman–Crippen LogP) is 6.67. The molecule has 10 nitrogen and oxygen atoms in total. The van der Waals surface area contributed by atoms with Gasteiger partial charge in [0.1, 0.15) is 22.3 Å². The molecule has 0 radical (unpaired) electrons. The van der Waals surface area contributed by atoms with Gasteiger partial charge in [-0.1, -0.05) is 36.7 Å². The summed E-state index contributed by atoms with van der Waals surface area (Å²) in [5.41, 5.74) is 3.40. The van der Waals surface area contributed by atoms with E-state index < -0.39 is 27.0 Å². The molecule has 3 heterocycles. The molecule has 2 amide bonds. The molecule has 52 heavy (non-hydrogen) atoms. The Morgan fingerprint density at radius 2 is 1.96 bits per heavy atom. The number of carbonyl (C=O) groups excluding carboxylic acids is 2. The van der Waals surface area contributed by atoms with E-state index in [4.69, 9.17) is 30.5 Å². The molecule has 3 aliphatic heterocycles. The number of aryl methyl sites for hydroxylation is 1. The van der Waals surface area contributed by atoms with Crippen molar-refractivity contribution in [2.24, 2.45) is 22.1 Å². The number of nitrogens with zero attached hydrogens (tertiary/aromatic N) is 2. The molecule has 2 bridgehead atoms. The molecule has 7 rings (SSSR count). The van der Waals surface area contributed by atoms with Gasteiger partial charge in [0.15, 0.2) is 0 Å². The fourth-order valence-electron chi connectivity index (χ4n) is 8.72. The molecule has 2 aliphatic carbocycles. The first kappa shape index (κ1) is 37.4. The van der Waals surface area contributed by atoms with Crippen LogP contribution in [0.4, 0.5) is 5.69 Å². The number of amides is 2. The van der Waals surface area contributed by atoms with Crippen LogP contribution in [-0.2, 0) is 40.8 Å². The Balaban J connectivity index is 1.26. The zero-order chi connectivity index (χ0) is 36.5. The summed E-state index contributed by atoms with van der Waals surface area (Å²) in [6.45, 7) is 6.65. The van der Waals surface area contributed by atoms with Crippen LogP contribution < -0.4 is 14.4 Å². The second-order valence-corrected chi connectivity index (χ2v) is 18.2. The molecule has 2 aromatic rings. The molecular weight excluding hydrogens is 702 g/mol. The normalized spacial score (nSPS) is 33.0. The van der Waals surface area contributed by atoms with Crippen molar-refractivity contribution in [1.82, 2.24) is 4.72 Å². The van der Waals surface area contributed by atoms with Crippen molar-refractivity contribution in [3.05, 3.63) is 70.3 Å². The second kappa shape index (κ2) is 15.8. The van der Waals surface area contributed by atoms with Gasteiger partial charge in [-0.05, 0) is 118 Å². The Bertz CT molecular complexity index is 1800. The highest BCUT2D eigenvalue weighted by Gasteiger charge is 2.44. The van der Waals surface area contributed by atoms with E-state index in [2.05, 4.69) is 38.3 Å². The number of ether oxygens (including phenoxy) is 4. The number of nitrogens with one attached hydrogen (secondary N) is 1. The smallest absolute Gasteiger partial charge is 0.286 e. The monoisotopic (exact) mass is 753 g/mol. The Morgan fingerprint density at radius 3 is 2.73 bits per heavy atom. The molecule has 12 heteroatoms. The van der Waals surface area contributed by atoms with E-state index in [0.717, 1.165) is 49.4 Å². The van der Waals surface area contributed by atoms with Gasteiger partial charge in [-0.15, -0.1) is 4.36 Å². The molecule has 0 aromatic heterocycles. The average molecular weight is 754 g/mol. The molecule has 1 N–H and O–H groups in total. The fourth-order valence-corrected chi connectivity index (χ4v) is 10.8. The summed E-state index contributed by atoms with van der Waals surface area (Å²) in [6.07, 6.45) is 11.2. The van der Waals surface area contributed by atoms with Gasteiger partial charge >= 0.3 is 0 Å². The zero-order valence-electron chi connectivity index (χ0n) is 30.5. The Labute approximate surface area is 313 Å². The SMILES string of the molecule is COC1/C=C/CC(C)C(C)S(=O)(NC(=O)COC2CCOCC2)=NC(=O)c2ccc3c(c2)N(CC2CCC21)CC1(CCCc2cc(Cl)ccc21)CO3. The summed E-state index contributed by atoms with van der Waals surface area (Å²) in [5.74, 6) is 0.0560. The number of hydrogen-bond donors (Lipinski definition) is 1. The highest BCUT2D eigenvalue weighted by molar-refractivity contribution is 7.93. The van der Waals surface area contributed by atoms with Gasteiger partial charge < -0.3 is 23.8 Å². The summed E-state index contributed by atoms with van der Waals surface area (Å²) >= 11 is 6.46. The molecule has 2 fully saturated rings. The van der Waals surface area contributed by atoms with Gasteiger partial charge in [0.2, 0.25) is 0 Å². The van der Waals surface area contributed by atoms with Gasteiger partial charge in [0.05, 0.1) is 29.8 Å². The summed E-state index contributed by atoms with van der Waals surface area (Å²) in [5, 5.41) is 0.101. The lowest BCUT2D eigenvalue weighted by Crippen LogP contribution is -2.49. The number of rotatable bonds is 5. The molecule has 1 spiro atoms. The minimum atomic E-state index is -3.57. The molecule has 7 unspecified atom stereocenters. The predicted molar refractivity (Wildman–Crippen MR) is 202 cm³/mol. The van der Waals surface area contributed by atoms with Gasteiger partial charge in [-0.2, -0.15) is 0 Å². The minimum absolute atomic E-state index is 0.0626. The molecule has 1 saturated heterocycles. The van der Waals surface area contributed by atoms with Crippen LogP contribution in [-0.4, -0.2) is 80.1 Å². The standard InChI is InChI=1S/C40H52ClN3O7S/c1-26-6-4-8-36(48-3)33-12-9-30(33)22-44-24-40(17-5-7-28-20-31(41)11-13-34(28)40)25-51-37-14-10-29(21-35(37)44)39(46)43-52(47,27(26)2)42-38(45)23-50-32-15-18-49-19-16-32/h4,8,10-11,13-14,20-21,26-27,30,32-33,36H,5-7,9,12,15-19,22-25H2,1-3H3,(H,42,43,45,46,47)/b8-4+. The molecular formula is C40H52ClN3O7S. The third kappa shape index (κ3) is 7.80. The average Bonchev–Trinajstić information content (AvgIpc) is 3.28. The van der Waals surface area contributed by atoms with Crippen molar-refractivity contribution in [3.8, 4) is 5.75 Å². The van der Waals surface area contributed by atoms with Crippen molar-refractivity contribution in [1.29, 1.82) is 0 Å². The maximum Gasteiger partial charge on any atom is 0.286 e. The van der Waals surface area contributed by atoms with Crippen molar-refractivity contribution in [3.63, 3.8) is 0 Å². The molecule has 282 valence electrons. The Hall–Kier alpha value is -2.96. The zero-order valence-corrected chi connectivity index (χ0v) is 32.1. The van der Waals surface area contributed by atoms with E-state index in [1.165, 1.54) is 11.1 Å². The summed E-state index contributed by atoms with van der Waals surface area (Å²) in [7, 11) is -1.81. The van der Waals surface area contributed by atoms with Crippen LogP contribution in [0.15, 0.2) is 52.9 Å². The van der Waals surface area contributed by atoms with E-state index >= 15 is 0 Å². The van der Waals surface area contributed by atoms with Crippen LogP contribution in [0.1, 0.15) is 80.3 Å². The summed E-state index contributed by atoms with van der Waals surface area (Å²) in [6, 6.07) is 11.6. The topological polar surface area (TPSA) is 116 Å². The fraction of sp³-hybridized carbons (Fsp3) is 0.600. The van der Waals surface area contributed by atoms with Crippen molar-refractivity contribution >= 4 is 39.0 Å².